The molecule has 1 heterocycles. The summed E-state index contributed by atoms with van der Waals surface area (Å²) in [6, 6.07) is 10.6. The normalized spacial score (nSPS) is 16.2. The number of hydrogen-bond donors (Lipinski definition) is 1. The third kappa shape index (κ3) is 3.23. The van der Waals surface area contributed by atoms with Crippen LogP contribution in [-0.2, 0) is 11.2 Å². The summed E-state index contributed by atoms with van der Waals surface area (Å²) in [5.41, 5.74) is 1.02. The Labute approximate surface area is 118 Å². The van der Waals surface area contributed by atoms with Gasteiger partial charge in [0.05, 0.1) is 0 Å². The van der Waals surface area contributed by atoms with Crippen molar-refractivity contribution in [2.45, 2.75) is 31.4 Å². The predicted octanol–water partition coefficient (Wildman–Crippen LogP) is 2.10. The Balaban J connectivity index is 1.64. The van der Waals surface area contributed by atoms with Gasteiger partial charge < -0.3 is 14.5 Å². The summed E-state index contributed by atoms with van der Waals surface area (Å²) in [6.07, 6.45) is 3.03. The number of aromatic nitrogens is 2. The van der Waals surface area contributed by atoms with Gasteiger partial charge in [0, 0.05) is 26.1 Å². The first kappa shape index (κ1) is 13.3. The van der Waals surface area contributed by atoms with Crippen LogP contribution in [-0.4, -0.2) is 29.9 Å². The lowest BCUT2D eigenvalue weighted by molar-refractivity contribution is 0.110. The van der Waals surface area contributed by atoms with Gasteiger partial charge in [-0.25, -0.2) is 0 Å². The number of benzene rings is 1. The maximum absolute atomic E-state index is 5.71. The first-order valence-corrected chi connectivity index (χ1v) is 7.00. The Kier molecular flexibility index (Phi) is 4.08. The topological polar surface area (TPSA) is 60.2 Å². The molecule has 1 atom stereocenters. The van der Waals surface area contributed by atoms with Gasteiger partial charge >= 0.3 is 0 Å². The van der Waals surface area contributed by atoms with Crippen LogP contribution in [0.3, 0.4) is 0 Å². The summed E-state index contributed by atoms with van der Waals surface area (Å²) < 4.78 is 11.2. The Hall–Kier alpha value is -1.72. The first-order chi connectivity index (χ1) is 9.86. The van der Waals surface area contributed by atoms with Gasteiger partial charge in [0.15, 0.2) is 6.10 Å². The van der Waals surface area contributed by atoms with Crippen molar-refractivity contribution >= 4 is 0 Å². The zero-order valence-electron chi connectivity index (χ0n) is 11.6. The molecule has 1 aromatic carbocycles. The van der Waals surface area contributed by atoms with Gasteiger partial charge in [-0.15, -0.1) is 10.2 Å². The van der Waals surface area contributed by atoms with E-state index in [0.29, 0.717) is 17.8 Å². The average Bonchev–Trinajstić information content (AvgIpc) is 3.19. The molecule has 1 aliphatic carbocycles. The fraction of sp³-hybridized carbons (Fsp3) is 0.467. The highest BCUT2D eigenvalue weighted by atomic mass is 16.5. The molecule has 3 rings (SSSR count). The Bertz CT molecular complexity index is 537. The molecular weight excluding hydrogens is 254 g/mol. The van der Waals surface area contributed by atoms with E-state index in [4.69, 9.17) is 9.15 Å². The van der Waals surface area contributed by atoms with E-state index in [-0.39, 0.29) is 6.10 Å². The van der Waals surface area contributed by atoms with E-state index in [9.17, 15) is 0 Å². The highest BCUT2D eigenvalue weighted by Crippen LogP contribution is 2.24. The van der Waals surface area contributed by atoms with Crippen molar-refractivity contribution in [3.05, 3.63) is 47.7 Å². The van der Waals surface area contributed by atoms with Gasteiger partial charge in [-0.05, 0) is 18.4 Å². The molecule has 1 aliphatic rings. The largest absolute Gasteiger partial charge is 0.422 e. The second kappa shape index (κ2) is 6.15. The SMILES string of the molecule is COC(c1ccccc1)c1nnc(CCNC2CC2)o1. The minimum Gasteiger partial charge on any atom is -0.422 e. The molecule has 0 spiro atoms. The number of hydrogen-bond acceptors (Lipinski definition) is 5. The van der Waals surface area contributed by atoms with Crippen LogP contribution in [0, 0.1) is 0 Å². The monoisotopic (exact) mass is 273 g/mol. The van der Waals surface area contributed by atoms with E-state index in [2.05, 4.69) is 15.5 Å². The van der Waals surface area contributed by atoms with Crippen molar-refractivity contribution < 1.29 is 9.15 Å². The van der Waals surface area contributed by atoms with Crippen LogP contribution in [0.15, 0.2) is 34.7 Å². The van der Waals surface area contributed by atoms with Crippen molar-refractivity contribution in [3.63, 3.8) is 0 Å². The third-order valence-corrected chi connectivity index (χ3v) is 3.39. The molecule has 5 heteroatoms. The maximum atomic E-state index is 5.71. The van der Waals surface area contributed by atoms with E-state index in [1.165, 1.54) is 12.8 Å². The second-order valence-corrected chi connectivity index (χ2v) is 5.04. The van der Waals surface area contributed by atoms with Crippen LogP contribution in [0.5, 0.6) is 0 Å². The molecule has 1 unspecified atom stereocenters. The van der Waals surface area contributed by atoms with E-state index in [1.807, 2.05) is 30.3 Å². The van der Waals surface area contributed by atoms with Gasteiger partial charge in [-0.3, -0.25) is 0 Å². The molecule has 0 aliphatic heterocycles. The molecule has 0 saturated heterocycles. The molecule has 5 nitrogen and oxygen atoms in total. The highest BCUT2D eigenvalue weighted by molar-refractivity contribution is 5.21. The highest BCUT2D eigenvalue weighted by Gasteiger charge is 2.22. The van der Waals surface area contributed by atoms with Crippen LogP contribution >= 0.6 is 0 Å². The van der Waals surface area contributed by atoms with Crippen molar-refractivity contribution in [3.8, 4) is 0 Å². The van der Waals surface area contributed by atoms with E-state index in [0.717, 1.165) is 18.5 Å². The number of methoxy groups -OCH3 is 1. The number of rotatable bonds is 7. The summed E-state index contributed by atoms with van der Waals surface area (Å²) in [7, 11) is 1.65. The maximum Gasteiger partial charge on any atom is 0.249 e. The molecular formula is C15H19N3O2. The molecule has 1 N–H and O–H groups in total. The Morgan fingerprint density at radius 2 is 2.10 bits per heavy atom. The molecule has 0 radical (unpaired) electrons. The van der Waals surface area contributed by atoms with Gasteiger partial charge in [0.2, 0.25) is 11.8 Å². The average molecular weight is 273 g/mol. The second-order valence-electron chi connectivity index (χ2n) is 5.04. The summed E-state index contributed by atoms with van der Waals surface area (Å²) >= 11 is 0. The van der Waals surface area contributed by atoms with E-state index >= 15 is 0 Å². The molecule has 1 aromatic heterocycles. The number of ether oxygens (including phenoxy) is 1. The zero-order valence-corrected chi connectivity index (χ0v) is 11.6. The quantitative estimate of drug-likeness (QED) is 0.837. The van der Waals surface area contributed by atoms with Crippen molar-refractivity contribution in [2.75, 3.05) is 13.7 Å². The predicted molar refractivity (Wildman–Crippen MR) is 74.3 cm³/mol. The van der Waals surface area contributed by atoms with Gasteiger partial charge in [-0.2, -0.15) is 0 Å². The summed E-state index contributed by atoms with van der Waals surface area (Å²) in [5, 5.41) is 11.6. The smallest absolute Gasteiger partial charge is 0.249 e. The molecule has 20 heavy (non-hydrogen) atoms. The lowest BCUT2D eigenvalue weighted by Gasteiger charge is -2.10. The van der Waals surface area contributed by atoms with Crippen molar-refractivity contribution in [1.29, 1.82) is 0 Å². The molecule has 2 aromatic rings. The molecule has 1 fully saturated rings. The molecule has 106 valence electrons. The van der Waals surface area contributed by atoms with Gasteiger partial charge in [-0.1, -0.05) is 30.3 Å². The van der Waals surface area contributed by atoms with Crippen molar-refractivity contribution in [1.82, 2.24) is 15.5 Å². The first-order valence-electron chi connectivity index (χ1n) is 7.00. The fourth-order valence-corrected chi connectivity index (χ4v) is 2.15. The Morgan fingerprint density at radius 3 is 2.80 bits per heavy atom. The summed E-state index contributed by atoms with van der Waals surface area (Å²) in [4.78, 5) is 0. The minimum atomic E-state index is -0.297. The van der Waals surface area contributed by atoms with Crippen LogP contribution in [0.4, 0.5) is 0 Å². The number of nitrogens with zero attached hydrogens (tertiary/aromatic N) is 2. The lowest BCUT2D eigenvalue weighted by Crippen LogP contribution is -2.19. The third-order valence-electron chi connectivity index (χ3n) is 3.39. The van der Waals surface area contributed by atoms with Crippen LogP contribution in [0.2, 0.25) is 0 Å². The van der Waals surface area contributed by atoms with Crippen molar-refractivity contribution in [2.24, 2.45) is 0 Å². The van der Waals surface area contributed by atoms with Crippen LogP contribution < -0.4 is 5.32 Å². The van der Waals surface area contributed by atoms with Crippen LogP contribution in [0.25, 0.3) is 0 Å². The minimum absolute atomic E-state index is 0.297. The van der Waals surface area contributed by atoms with Gasteiger partial charge in [0.25, 0.3) is 0 Å². The summed E-state index contributed by atoms with van der Waals surface area (Å²) in [6.45, 7) is 0.884. The summed E-state index contributed by atoms with van der Waals surface area (Å²) in [5.74, 6) is 1.17. The lowest BCUT2D eigenvalue weighted by atomic mass is 10.1. The van der Waals surface area contributed by atoms with Crippen LogP contribution in [0.1, 0.15) is 36.3 Å². The standard InChI is InChI=1S/C15H19N3O2/c1-19-14(11-5-3-2-4-6-11)15-18-17-13(20-15)9-10-16-12-7-8-12/h2-6,12,14,16H,7-10H2,1H3. The van der Waals surface area contributed by atoms with E-state index < -0.39 is 0 Å². The number of nitrogens with one attached hydrogen (secondary N) is 1. The molecule has 0 bridgehead atoms. The zero-order chi connectivity index (χ0) is 13.8. The Morgan fingerprint density at radius 1 is 1.30 bits per heavy atom. The molecule has 1 saturated carbocycles. The van der Waals surface area contributed by atoms with E-state index in [1.54, 1.807) is 7.11 Å². The molecule has 0 amide bonds. The fourth-order valence-electron chi connectivity index (χ4n) is 2.15. The van der Waals surface area contributed by atoms with Gasteiger partial charge in [0.1, 0.15) is 0 Å².